The molecular weight excluding hydrogens is 168 g/mol. The van der Waals surface area contributed by atoms with E-state index in [1.54, 1.807) is 18.5 Å². The number of pyridine rings is 1. The quantitative estimate of drug-likeness (QED) is 0.546. The van der Waals surface area contributed by atoms with Gasteiger partial charge < -0.3 is 0 Å². The Morgan fingerprint density at radius 2 is 2.42 bits per heavy atom. The molecule has 2 nitrogen and oxygen atoms in total. The first kappa shape index (κ1) is 9.00. The predicted molar refractivity (Wildman–Crippen MR) is 55.4 cm³/mol. The van der Waals surface area contributed by atoms with Crippen molar-refractivity contribution in [2.75, 3.05) is 0 Å². The summed E-state index contributed by atoms with van der Waals surface area (Å²) in [7, 11) is 0. The summed E-state index contributed by atoms with van der Waals surface area (Å²) in [5.74, 6) is 0.685. The molecule has 1 rings (SSSR count). The molecule has 12 heavy (non-hydrogen) atoms. The first-order valence-electron chi connectivity index (χ1n) is 3.58. The van der Waals surface area contributed by atoms with Gasteiger partial charge in [-0.1, -0.05) is 12.7 Å². The van der Waals surface area contributed by atoms with E-state index >= 15 is 0 Å². The minimum Gasteiger partial charge on any atom is -0.241 e. The number of rotatable bonds is 2. The van der Waals surface area contributed by atoms with Crippen molar-refractivity contribution in [3.63, 3.8) is 0 Å². The summed E-state index contributed by atoms with van der Waals surface area (Å²) < 4.78 is 0. The summed E-state index contributed by atoms with van der Waals surface area (Å²) in [5, 5.41) is 0. The molecule has 0 amide bonds. The number of thiol groups is 1. The van der Waals surface area contributed by atoms with Crippen LogP contribution in [0.3, 0.4) is 0 Å². The highest BCUT2D eigenvalue weighted by Crippen LogP contribution is 2.19. The Balaban J connectivity index is 3.19. The lowest BCUT2D eigenvalue weighted by Gasteiger charge is -1.98. The zero-order valence-electron chi connectivity index (χ0n) is 6.86. The molecule has 0 N–H and O–H groups in total. The second-order valence-corrected chi connectivity index (χ2v) is 2.71. The van der Waals surface area contributed by atoms with Gasteiger partial charge >= 0.3 is 0 Å². The Labute approximate surface area is 77.5 Å². The van der Waals surface area contributed by atoms with E-state index < -0.39 is 0 Å². The molecule has 1 aromatic rings. The van der Waals surface area contributed by atoms with Gasteiger partial charge in [-0.2, -0.15) is 0 Å². The molecule has 0 aliphatic heterocycles. The molecule has 0 radical (unpaired) electrons. The third-order valence-electron chi connectivity index (χ3n) is 1.35. The van der Waals surface area contributed by atoms with Gasteiger partial charge in [-0.25, -0.2) is 9.98 Å². The monoisotopic (exact) mass is 178 g/mol. The van der Waals surface area contributed by atoms with Gasteiger partial charge in [0.05, 0.1) is 0 Å². The van der Waals surface area contributed by atoms with Crippen LogP contribution in [-0.4, -0.2) is 11.2 Å². The van der Waals surface area contributed by atoms with Crippen LogP contribution in [0.25, 0.3) is 6.08 Å². The molecule has 0 fully saturated rings. The van der Waals surface area contributed by atoms with Crippen molar-refractivity contribution >= 4 is 30.7 Å². The van der Waals surface area contributed by atoms with E-state index in [9.17, 15) is 0 Å². The number of hydrogen-bond donors (Lipinski definition) is 1. The second kappa shape index (κ2) is 4.07. The maximum Gasteiger partial charge on any atom is 0.158 e. The molecule has 62 valence electrons. The minimum atomic E-state index is 0.685. The van der Waals surface area contributed by atoms with Gasteiger partial charge in [-0.3, -0.25) is 0 Å². The Hall–Kier alpha value is -1.09. The van der Waals surface area contributed by atoms with Gasteiger partial charge in [-0.15, -0.1) is 12.6 Å². The Bertz CT molecular complexity index is 318. The van der Waals surface area contributed by atoms with Crippen LogP contribution in [0.1, 0.15) is 12.5 Å². The smallest absolute Gasteiger partial charge is 0.158 e. The van der Waals surface area contributed by atoms with Crippen LogP contribution in [0.15, 0.2) is 28.7 Å². The van der Waals surface area contributed by atoms with Crippen LogP contribution in [-0.2, 0) is 0 Å². The lowest BCUT2D eigenvalue weighted by atomic mass is 10.2. The van der Waals surface area contributed by atoms with Crippen molar-refractivity contribution < 1.29 is 0 Å². The maximum atomic E-state index is 4.16. The largest absolute Gasteiger partial charge is 0.241 e. The van der Waals surface area contributed by atoms with E-state index in [4.69, 9.17) is 0 Å². The number of hydrogen-bond acceptors (Lipinski definition) is 3. The molecule has 0 aliphatic carbocycles. The molecule has 1 aromatic heterocycles. The molecule has 3 heteroatoms. The number of nitrogens with zero attached hydrogens (tertiary/aromatic N) is 2. The second-order valence-electron chi connectivity index (χ2n) is 2.20. The number of aromatic nitrogens is 1. The zero-order valence-corrected chi connectivity index (χ0v) is 7.75. The fraction of sp³-hybridized carbons (Fsp3) is 0.111. The fourth-order valence-corrected chi connectivity index (χ4v) is 1.04. The molecule has 0 saturated carbocycles. The number of aliphatic imine (C=N–C) groups is 1. The normalized spacial score (nSPS) is 10.5. The summed E-state index contributed by atoms with van der Waals surface area (Å²) >= 11 is 4.16. The minimum absolute atomic E-state index is 0.685. The van der Waals surface area contributed by atoms with E-state index in [0.29, 0.717) is 5.82 Å². The first-order chi connectivity index (χ1) is 5.77. The van der Waals surface area contributed by atoms with Crippen molar-refractivity contribution in [1.29, 1.82) is 0 Å². The van der Waals surface area contributed by atoms with E-state index in [-0.39, 0.29) is 0 Å². The van der Waals surface area contributed by atoms with Crippen molar-refractivity contribution in [3.05, 3.63) is 24.4 Å². The predicted octanol–water partition coefficient (Wildman–Crippen LogP) is 2.74. The average molecular weight is 178 g/mol. The zero-order chi connectivity index (χ0) is 8.97. The highest BCUT2D eigenvalue weighted by Gasteiger charge is 1.97. The van der Waals surface area contributed by atoms with E-state index in [2.05, 4.69) is 29.2 Å². The SMILES string of the molecule is C=Cc1cc(S)cnc1N=CC. The van der Waals surface area contributed by atoms with Crippen LogP contribution in [0.4, 0.5) is 5.82 Å². The van der Waals surface area contributed by atoms with E-state index in [1.807, 2.05) is 13.0 Å². The molecule has 0 bridgehead atoms. The maximum absolute atomic E-state index is 4.16. The van der Waals surface area contributed by atoms with Crippen molar-refractivity contribution in [1.82, 2.24) is 4.98 Å². The van der Waals surface area contributed by atoms with Gasteiger partial charge in [0.15, 0.2) is 5.82 Å². The third-order valence-corrected chi connectivity index (χ3v) is 1.60. The van der Waals surface area contributed by atoms with Crippen LogP contribution in [0.2, 0.25) is 0 Å². The Kier molecular flexibility index (Phi) is 3.05. The van der Waals surface area contributed by atoms with Gasteiger partial charge in [0.25, 0.3) is 0 Å². The summed E-state index contributed by atoms with van der Waals surface area (Å²) in [6.07, 6.45) is 5.08. The molecule has 0 spiro atoms. The Morgan fingerprint density at radius 1 is 1.67 bits per heavy atom. The van der Waals surface area contributed by atoms with E-state index in [1.165, 1.54) is 0 Å². The molecule has 0 atom stereocenters. The van der Waals surface area contributed by atoms with Gasteiger partial charge in [0.2, 0.25) is 0 Å². The van der Waals surface area contributed by atoms with Gasteiger partial charge in [0, 0.05) is 22.9 Å². The Morgan fingerprint density at radius 3 is 3.00 bits per heavy atom. The molecular formula is C9H10N2S. The highest BCUT2D eigenvalue weighted by molar-refractivity contribution is 7.80. The van der Waals surface area contributed by atoms with Gasteiger partial charge in [-0.05, 0) is 13.0 Å². The van der Waals surface area contributed by atoms with Crippen molar-refractivity contribution in [3.8, 4) is 0 Å². The molecule has 0 aliphatic rings. The fourth-order valence-electron chi connectivity index (χ4n) is 0.843. The van der Waals surface area contributed by atoms with Crippen molar-refractivity contribution in [2.45, 2.75) is 11.8 Å². The molecule has 0 unspecified atom stereocenters. The standard InChI is InChI=1S/C9H10N2S/c1-3-7-5-8(12)6-11-9(7)10-4-2/h3-6,12H,1H2,2H3. The van der Waals surface area contributed by atoms with Crippen LogP contribution < -0.4 is 0 Å². The lowest BCUT2D eigenvalue weighted by molar-refractivity contribution is 1.20. The summed E-state index contributed by atoms with van der Waals surface area (Å²) in [6, 6.07) is 1.88. The lowest BCUT2D eigenvalue weighted by Crippen LogP contribution is -1.80. The van der Waals surface area contributed by atoms with E-state index in [0.717, 1.165) is 10.5 Å². The first-order valence-corrected chi connectivity index (χ1v) is 4.02. The third kappa shape index (κ3) is 1.95. The average Bonchev–Trinajstić information content (AvgIpc) is 2.08. The summed E-state index contributed by atoms with van der Waals surface area (Å²) in [5.41, 5.74) is 0.903. The molecule has 0 saturated heterocycles. The van der Waals surface area contributed by atoms with Gasteiger partial charge in [0.1, 0.15) is 0 Å². The molecule has 0 aromatic carbocycles. The van der Waals surface area contributed by atoms with Crippen LogP contribution >= 0.6 is 12.6 Å². The topological polar surface area (TPSA) is 25.2 Å². The summed E-state index contributed by atoms with van der Waals surface area (Å²) in [6.45, 7) is 5.52. The van der Waals surface area contributed by atoms with Crippen LogP contribution in [0, 0.1) is 0 Å². The molecule has 1 heterocycles. The highest BCUT2D eigenvalue weighted by atomic mass is 32.1. The summed E-state index contributed by atoms with van der Waals surface area (Å²) in [4.78, 5) is 8.99. The van der Waals surface area contributed by atoms with Crippen LogP contribution in [0.5, 0.6) is 0 Å². The van der Waals surface area contributed by atoms with Crippen molar-refractivity contribution in [2.24, 2.45) is 4.99 Å².